The highest BCUT2D eigenvalue weighted by Gasteiger charge is 2.22. The molecule has 4 rings (SSSR count). The molecular formula is C23H26N4O2S. The molecule has 0 bridgehead atoms. The van der Waals surface area contributed by atoms with Gasteiger partial charge in [0.05, 0.1) is 10.2 Å². The number of aromatic nitrogens is 1. The molecule has 7 heteroatoms. The molecule has 6 nitrogen and oxygen atoms in total. The van der Waals surface area contributed by atoms with E-state index in [1.54, 1.807) is 0 Å². The number of carbonyl (C=O) groups is 2. The van der Waals surface area contributed by atoms with Gasteiger partial charge in [-0.25, -0.2) is 9.78 Å². The molecule has 1 aliphatic rings. The summed E-state index contributed by atoms with van der Waals surface area (Å²) in [5.41, 5.74) is 4.34. The molecule has 0 aliphatic heterocycles. The Morgan fingerprint density at radius 3 is 2.43 bits per heavy atom. The SMILES string of the molecule is Cc1cccc(C)c1NC(=O)Nc1ccc2nc(NC(=O)C3CCCCC3)sc2c1. The van der Waals surface area contributed by atoms with Gasteiger partial charge in [-0.05, 0) is 56.0 Å². The molecular weight excluding hydrogens is 396 g/mol. The molecule has 1 saturated carbocycles. The summed E-state index contributed by atoms with van der Waals surface area (Å²) in [5.74, 6) is 0.164. The molecule has 3 aromatic rings. The van der Waals surface area contributed by atoms with Gasteiger partial charge in [0.15, 0.2) is 5.13 Å². The highest BCUT2D eigenvalue weighted by atomic mass is 32.1. The number of benzene rings is 2. The smallest absolute Gasteiger partial charge is 0.308 e. The molecule has 2 aromatic carbocycles. The van der Waals surface area contributed by atoms with E-state index in [0.29, 0.717) is 10.8 Å². The van der Waals surface area contributed by atoms with Crippen LogP contribution < -0.4 is 16.0 Å². The van der Waals surface area contributed by atoms with Crippen LogP contribution in [0.2, 0.25) is 0 Å². The molecule has 1 heterocycles. The van der Waals surface area contributed by atoms with Gasteiger partial charge in [0, 0.05) is 17.3 Å². The van der Waals surface area contributed by atoms with Crippen LogP contribution in [-0.4, -0.2) is 16.9 Å². The molecule has 1 fully saturated rings. The molecule has 0 spiro atoms. The molecule has 0 unspecified atom stereocenters. The highest BCUT2D eigenvalue weighted by molar-refractivity contribution is 7.22. The number of nitrogens with zero attached hydrogens (tertiary/aromatic N) is 1. The van der Waals surface area contributed by atoms with Gasteiger partial charge in [0.2, 0.25) is 5.91 Å². The summed E-state index contributed by atoms with van der Waals surface area (Å²) in [4.78, 5) is 29.4. The molecule has 0 radical (unpaired) electrons. The summed E-state index contributed by atoms with van der Waals surface area (Å²) in [6.07, 6.45) is 5.38. The van der Waals surface area contributed by atoms with Crippen molar-refractivity contribution < 1.29 is 9.59 Å². The van der Waals surface area contributed by atoms with Crippen molar-refractivity contribution in [2.75, 3.05) is 16.0 Å². The zero-order valence-corrected chi connectivity index (χ0v) is 18.1. The molecule has 3 N–H and O–H groups in total. The number of carbonyl (C=O) groups excluding carboxylic acids is 2. The number of urea groups is 1. The fourth-order valence-corrected chi connectivity index (χ4v) is 4.82. The molecule has 156 valence electrons. The second-order valence-electron chi connectivity index (χ2n) is 7.87. The van der Waals surface area contributed by atoms with E-state index in [-0.39, 0.29) is 17.9 Å². The van der Waals surface area contributed by atoms with Crippen LogP contribution in [0.3, 0.4) is 0 Å². The largest absolute Gasteiger partial charge is 0.323 e. The third-order valence-corrected chi connectivity index (χ3v) is 6.51. The Kier molecular flexibility index (Phi) is 5.99. The van der Waals surface area contributed by atoms with Gasteiger partial charge >= 0.3 is 6.03 Å². The lowest BCUT2D eigenvalue weighted by molar-refractivity contribution is -0.120. The van der Waals surface area contributed by atoms with E-state index in [9.17, 15) is 9.59 Å². The fourth-order valence-electron chi connectivity index (χ4n) is 3.92. The summed E-state index contributed by atoms with van der Waals surface area (Å²) in [7, 11) is 0. The van der Waals surface area contributed by atoms with Crippen LogP contribution in [0.25, 0.3) is 10.2 Å². The molecule has 0 atom stereocenters. The highest BCUT2D eigenvalue weighted by Crippen LogP contribution is 2.30. The van der Waals surface area contributed by atoms with Gasteiger partial charge in [-0.2, -0.15) is 0 Å². The first kappa shape index (κ1) is 20.3. The molecule has 30 heavy (non-hydrogen) atoms. The first-order chi connectivity index (χ1) is 14.5. The topological polar surface area (TPSA) is 83.1 Å². The van der Waals surface area contributed by atoms with Gasteiger partial charge in [-0.3, -0.25) is 4.79 Å². The number of hydrogen-bond donors (Lipinski definition) is 3. The monoisotopic (exact) mass is 422 g/mol. The Labute approximate surface area is 180 Å². The van der Waals surface area contributed by atoms with Crippen LogP contribution in [0.5, 0.6) is 0 Å². The Hall–Kier alpha value is -2.93. The predicted molar refractivity (Wildman–Crippen MR) is 123 cm³/mol. The average molecular weight is 423 g/mol. The third-order valence-electron chi connectivity index (χ3n) is 5.57. The summed E-state index contributed by atoms with van der Waals surface area (Å²) >= 11 is 1.42. The van der Waals surface area contributed by atoms with E-state index in [0.717, 1.165) is 52.7 Å². The lowest BCUT2D eigenvalue weighted by atomic mass is 9.89. The molecule has 0 saturated heterocycles. The minimum absolute atomic E-state index is 0.0695. The quantitative estimate of drug-likeness (QED) is 0.477. The predicted octanol–water partition coefficient (Wildman–Crippen LogP) is 6.08. The maximum atomic E-state index is 12.5. The number of para-hydroxylation sites is 1. The number of anilines is 3. The van der Waals surface area contributed by atoms with E-state index in [2.05, 4.69) is 20.9 Å². The first-order valence-corrected chi connectivity index (χ1v) is 11.2. The summed E-state index contributed by atoms with van der Waals surface area (Å²) in [6.45, 7) is 3.93. The zero-order valence-electron chi connectivity index (χ0n) is 17.2. The van der Waals surface area contributed by atoms with E-state index in [1.807, 2.05) is 50.2 Å². The zero-order chi connectivity index (χ0) is 21.1. The molecule has 1 aliphatic carbocycles. The van der Waals surface area contributed by atoms with Gasteiger partial charge in [0.25, 0.3) is 0 Å². The van der Waals surface area contributed by atoms with Crippen LogP contribution in [0.1, 0.15) is 43.2 Å². The van der Waals surface area contributed by atoms with Crippen LogP contribution in [0.15, 0.2) is 36.4 Å². The number of aryl methyl sites for hydroxylation is 2. The number of rotatable bonds is 4. The maximum absolute atomic E-state index is 12.5. The van der Waals surface area contributed by atoms with E-state index in [4.69, 9.17) is 0 Å². The first-order valence-electron chi connectivity index (χ1n) is 10.4. The van der Waals surface area contributed by atoms with E-state index in [1.165, 1.54) is 17.8 Å². The Bertz CT molecular complexity index is 1070. The number of hydrogen-bond acceptors (Lipinski definition) is 4. The van der Waals surface area contributed by atoms with Crippen molar-refractivity contribution in [3.05, 3.63) is 47.5 Å². The summed E-state index contributed by atoms with van der Waals surface area (Å²) in [5, 5.41) is 9.39. The normalized spacial score (nSPS) is 14.5. The van der Waals surface area contributed by atoms with Crippen LogP contribution >= 0.6 is 11.3 Å². The van der Waals surface area contributed by atoms with Crippen molar-refractivity contribution in [2.45, 2.75) is 46.0 Å². The number of fused-ring (bicyclic) bond motifs is 1. The fraction of sp³-hybridized carbons (Fsp3) is 0.348. The molecule has 1 aromatic heterocycles. The van der Waals surface area contributed by atoms with Crippen LogP contribution in [0, 0.1) is 19.8 Å². The minimum atomic E-state index is -0.290. The number of nitrogens with one attached hydrogen (secondary N) is 3. The Morgan fingerprint density at radius 2 is 1.70 bits per heavy atom. The van der Waals surface area contributed by atoms with Crippen LogP contribution in [0.4, 0.5) is 21.3 Å². The van der Waals surface area contributed by atoms with Gasteiger partial charge < -0.3 is 16.0 Å². The lowest BCUT2D eigenvalue weighted by Crippen LogP contribution is -2.24. The van der Waals surface area contributed by atoms with E-state index < -0.39 is 0 Å². The van der Waals surface area contributed by atoms with Gasteiger partial charge in [-0.15, -0.1) is 0 Å². The second kappa shape index (κ2) is 8.83. The van der Waals surface area contributed by atoms with Crippen molar-refractivity contribution >= 4 is 50.0 Å². The number of thiazole rings is 1. The maximum Gasteiger partial charge on any atom is 0.323 e. The molecule has 3 amide bonds. The average Bonchev–Trinajstić information content (AvgIpc) is 3.13. The lowest BCUT2D eigenvalue weighted by Gasteiger charge is -2.19. The van der Waals surface area contributed by atoms with Crippen molar-refractivity contribution in [3.8, 4) is 0 Å². The minimum Gasteiger partial charge on any atom is -0.308 e. The van der Waals surface area contributed by atoms with Crippen molar-refractivity contribution in [1.29, 1.82) is 0 Å². The summed E-state index contributed by atoms with van der Waals surface area (Å²) in [6, 6.07) is 11.2. The van der Waals surface area contributed by atoms with E-state index >= 15 is 0 Å². The standard InChI is InChI=1S/C23H26N4O2S/c1-14-7-6-8-15(2)20(14)26-22(29)24-17-11-12-18-19(13-17)30-23(25-18)27-21(28)16-9-4-3-5-10-16/h6-8,11-13,16H,3-5,9-10H2,1-2H3,(H2,24,26,29)(H,25,27,28). The third kappa shape index (κ3) is 4.62. The van der Waals surface area contributed by atoms with Crippen molar-refractivity contribution in [1.82, 2.24) is 4.98 Å². The van der Waals surface area contributed by atoms with Gasteiger partial charge in [0.1, 0.15) is 0 Å². The number of amides is 3. The summed E-state index contributed by atoms with van der Waals surface area (Å²) < 4.78 is 0.916. The van der Waals surface area contributed by atoms with Crippen molar-refractivity contribution in [3.63, 3.8) is 0 Å². The Morgan fingerprint density at radius 1 is 0.967 bits per heavy atom. The Balaban J connectivity index is 1.43. The van der Waals surface area contributed by atoms with Gasteiger partial charge in [-0.1, -0.05) is 48.8 Å². The second-order valence-corrected chi connectivity index (χ2v) is 8.90. The van der Waals surface area contributed by atoms with Crippen LogP contribution in [-0.2, 0) is 4.79 Å². The van der Waals surface area contributed by atoms with Crippen molar-refractivity contribution in [2.24, 2.45) is 5.92 Å².